The summed E-state index contributed by atoms with van der Waals surface area (Å²) in [6.45, 7) is 4.12. The lowest BCUT2D eigenvalue weighted by molar-refractivity contribution is 0.0659. The number of furan rings is 1. The molecule has 2 heterocycles. The molecular formula is C12H12N2O4S. The van der Waals surface area contributed by atoms with Crippen LogP contribution in [0.3, 0.4) is 0 Å². The Labute approximate surface area is 113 Å². The van der Waals surface area contributed by atoms with E-state index < -0.39 is 11.9 Å². The zero-order valence-electron chi connectivity index (χ0n) is 10.4. The summed E-state index contributed by atoms with van der Waals surface area (Å²) in [7, 11) is 0. The van der Waals surface area contributed by atoms with E-state index in [1.165, 1.54) is 23.5 Å². The lowest BCUT2D eigenvalue weighted by Crippen LogP contribution is -2.22. The summed E-state index contributed by atoms with van der Waals surface area (Å²) in [6.07, 6.45) is 0. The SMILES string of the molecule is Cc1nc(C)c(CNC(=O)c2ccc(C(=O)O)o2)s1. The van der Waals surface area contributed by atoms with E-state index in [0.29, 0.717) is 6.54 Å². The minimum absolute atomic E-state index is 0.0173. The van der Waals surface area contributed by atoms with Gasteiger partial charge in [0.05, 0.1) is 17.2 Å². The van der Waals surface area contributed by atoms with Gasteiger partial charge in [0.2, 0.25) is 5.76 Å². The Bertz CT molecular complexity index is 629. The Hall–Kier alpha value is -2.15. The lowest BCUT2D eigenvalue weighted by atomic mass is 10.3. The van der Waals surface area contributed by atoms with Gasteiger partial charge >= 0.3 is 5.97 Å². The molecule has 19 heavy (non-hydrogen) atoms. The van der Waals surface area contributed by atoms with Crippen molar-refractivity contribution in [3.63, 3.8) is 0 Å². The third-order valence-electron chi connectivity index (χ3n) is 2.45. The first kappa shape index (κ1) is 13.3. The molecular weight excluding hydrogens is 268 g/mol. The summed E-state index contributed by atoms with van der Waals surface area (Å²) in [5.74, 6) is -1.92. The summed E-state index contributed by atoms with van der Waals surface area (Å²) in [6, 6.07) is 2.59. The van der Waals surface area contributed by atoms with Crippen LogP contribution in [0.25, 0.3) is 0 Å². The molecule has 0 bridgehead atoms. The molecule has 2 aromatic heterocycles. The molecule has 0 aliphatic rings. The second kappa shape index (κ2) is 5.23. The van der Waals surface area contributed by atoms with Gasteiger partial charge in [-0.05, 0) is 26.0 Å². The van der Waals surface area contributed by atoms with Crippen molar-refractivity contribution in [3.05, 3.63) is 39.2 Å². The van der Waals surface area contributed by atoms with Crippen LogP contribution < -0.4 is 5.32 Å². The van der Waals surface area contributed by atoms with Gasteiger partial charge in [0.1, 0.15) is 0 Å². The molecule has 100 valence electrons. The monoisotopic (exact) mass is 280 g/mol. The maximum Gasteiger partial charge on any atom is 0.371 e. The number of hydrogen-bond donors (Lipinski definition) is 2. The maximum absolute atomic E-state index is 11.8. The number of thiazole rings is 1. The van der Waals surface area contributed by atoms with E-state index in [2.05, 4.69) is 10.3 Å². The first-order chi connectivity index (χ1) is 8.97. The number of nitrogens with one attached hydrogen (secondary N) is 1. The minimum Gasteiger partial charge on any atom is -0.475 e. The Balaban J connectivity index is 2.01. The van der Waals surface area contributed by atoms with E-state index in [1.54, 1.807) is 0 Å². The number of amides is 1. The number of carboxylic acids is 1. The number of nitrogens with zero attached hydrogens (tertiary/aromatic N) is 1. The molecule has 0 aromatic carbocycles. The highest BCUT2D eigenvalue weighted by Crippen LogP contribution is 2.17. The van der Waals surface area contributed by atoms with Crippen molar-refractivity contribution in [3.8, 4) is 0 Å². The fourth-order valence-electron chi connectivity index (χ4n) is 1.56. The first-order valence-corrected chi connectivity index (χ1v) is 6.33. The predicted octanol–water partition coefficient (Wildman–Crippen LogP) is 1.98. The highest BCUT2D eigenvalue weighted by molar-refractivity contribution is 7.11. The van der Waals surface area contributed by atoms with Crippen LogP contribution in [0.2, 0.25) is 0 Å². The average molecular weight is 280 g/mol. The van der Waals surface area contributed by atoms with Crippen LogP contribution in [0.1, 0.15) is 36.7 Å². The van der Waals surface area contributed by atoms with Crippen LogP contribution in [-0.4, -0.2) is 22.0 Å². The van der Waals surface area contributed by atoms with Gasteiger partial charge in [-0.15, -0.1) is 11.3 Å². The van der Waals surface area contributed by atoms with Gasteiger partial charge in [0, 0.05) is 4.88 Å². The number of carbonyl (C=O) groups is 2. The Morgan fingerprint density at radius 1 is 1.37 bits per heavy atom. The van der Waals surface area contributed by atoms with Gasteiger partial charge in [-0.2, -0.15) is 0 Å². The van der Waals surface area contributed by atoms with Crippen LogP contribution in [0.4, 0.5) is 0 Å². The Morgan fingerprint density at radius 3 is 2.58 bits per heavy atom. The summed E-state index contributed by atoms with van der Waals surface area (Å²) in [5.41, 5.74) is 0.883. The van der Waals surface area contributed by atoms with E-state index in [-0.39, 0.29) is 11.5 Å². The standard InChI is InChI=1S/C12H12N2O4S/c1-6-10(19-7(2)14-6)5-13-11(15)8-3-4-9(18-8)12(16)17/h3-4H,5H2,1-2H3,(H,13,15)(H,16,17). The number of aromatic nitrogens is 1. The van der Waals surface area contributed by atoms with Gasteiger partial charge in [-0.1, -0.05) is 0 Å². The molecule has 7 heteroatoms. The van der Waals surface area contributed by atoms with Crippen molar-refractivity contribution in [2.75, 3.05) is 0 Å². The van der Waals surface area contributed by atoms with E-state index in [1.807, 2.05) is 13.8 Å². The molecule has 0 aliphatic carbocycles. The number of hydrogen-bond acceptors (Lipinski definition) is 5. The molecule has 2 N–H and O–H groups in total. The van der Waals surface area contributed by atoms with Gasteiger partial charge < -0.3 is 14.8 Å². The smallest absolute Gasteiger partial charge is 0.371 e. The minimum atomic E-state index is -1.20. The van der Waals surface area contributed by atoms with Gasteiger partial charge in [0.15, 0.2) is 5.76 Å². The van der Waals surface area contributed by atoms with Crippen molar-refractivity contribution in [1.82, 2.24) is 10.3 Å². The van der Waals surface area contributed by atoms with Crippen molar-refractivity contribution in [2.24, 2.45) is 0 Å². The molecule has 0 unspecified atom stereocenters. The second-order valence-electron chi connectivity index (χ2n) is 3.89. The van der Waals surface area contributed by atoms with Crippen LogP contribution >= 0.6 is 11.3 Å². The molecule has 0 fully saturated rings. The van der Waals surface area contributed by atoms with Crippen molar-refractivity contribution in [2.45, 2.75) is 20.4 Å². The van der Waals surface area contributed by atoms with Crippen LogP contribution in [-0.2, 0) is 6.54 Å². The molecule has 0 saturated heterocycles. The van der Waals surface area contributed by atoms with E-state index >= 15 is 0 Å². The molecule has 2 rings (SSSR count). The van der Waals surface area contributed by atoms with Crippen LogP contribution in [0, 0.1) is 13.8 Å². The number of carbonyl (C=O) groups excluding carboxylic acids is 1. The van der Waals surface area contributed by atoms with Crippen molar-refractivity contribution in [1.29, 1.82) is 0 Å². The average Bonchev–Trinajstić information content (AvgIpc) is 2.93. The summed E-state index contributed by atoms with van der Waals surface area (Å²) in [4.78, 5) is 27.6. The van der Waals surface area contributed by atoms with E-state index in [9.17, 15) is 9.59 Å². The highest BCUT2D eigenvalue weighted by Gasteiger charge is 2.15. The maximum atomic E-state index is 11.8. The Kier molecular flexibility index (Phi) is 3.66. The summed E-state index contributed by atoms with van der Waals surface area (Å²) >= 11 is 1.51. The zero-order chi connectivity index (χ0) is 14.0. The predicted molar refractivity (Wildman–Crippen MR) is 68.4 cm³/mol. The third kappa shape index (κ3) is 3.00. The molecule has 1 amide bonds. The first-order valence-electron chi connectivity index (χ1n) is 5.51. The van der Waals surface area contributed by atoms with Crippen molar-refractivity contribution >= 4 is 23.2 Å². The normalized spacial score (nSPS) is 10.4. The van der Waals surface area contributed by atoms with Crippen LogP contribution in [0.15, 0.2) is 16.5 Å². The molecule has 6 nitrogen and oxygen atoms in total. The van der Waals surface area contributed by atoms with E-state index in [4.69, 9.17) is 9.52 Å². The number of carboxylic acid groups (broad SMARTS) is 1. The summed E-state index contributed by atoms with van der Waals surface area (Å²) < 4.78 is 4.91. The molecule has 0 saturated carbocycles. The second-order valence-corrected chi connectivity index (χ2v) is 5.18. The zero-order valence-corrected chi connectivity index (χ0v) is 11.2. The third-order valence-corrected chi connectivity index (χ3v) is 3.52. The molecule has 0 atom stereocenters. The van der Waals surface area contributed by atoms with Crippen molar-refractivity contribution < 1.29 is 19.1 Å². The van der Waals surface area contributed by atoms with Gasteiger partial charge in [-0.25, -0.2) is 9.78 Å². The van der Waals surface area contributed by atoms with Crippen LogP contribution in [0.5, 0.6) is 0 Å². The molecule has 0 radical (unpaired) electrons. The molecule has 0 spiro atoms. The van der Waals surface area contributed by atoms with Gasteiger partial charge in [-0.3, -0.25) is 4.79 Å². The lowest BCUT2D eigenvalue weighted by Gasteiger charge is -2.01. The largest absolute Gasteiger partial charge is 0.475 e. The molecule has 0 aliphatic heterocycles. The number of aromatic carboxylic acids is 1. The number of aryl methyl sites for hydroxylation is 2. The van der Waals surface area contributed by atoms with E-state index in [0.717, 1.165) is 15.6 Å². The molecule has 2 aromatic rings. The number of rotatable bonds is 4. The highest BCUT2D eigenvalue weighted by atomic mass is 32.1. The fourth-order valence-corrected chi connectivity index (χ4v) is 2.44. The summed E-state index contributed by atoms with van der Waals surface area (Å²) in [5, 5.41) is 12.3. The Morgan fingerprint density at radius 2 is 2.05 bits per heavy atom. The quantitative estimate of drug-likeness (QED) is 0.893. The van der Waals surface area contributed by atoms with Gasteiger partial charge in [0.25, 0.3) is 5.91 Å². The topological polar surface area (TPSA) is 92.4 Å². The fraction of sp³-hybridized carbons (Fsp3) is 0.250.